The van der Waals surface area contributed by atoms with Crippen molar-refractivity contribution in [2.45, 2.75) is 33.7 Å². The van der Waals surface area contributed by atoms with Crippen molar-refractivity contribution >= 4 is 23.1 Å². The average Bonchev–Trinajstić information content (AvgIpc) is 2.67. The summed E-state index contributed by atoms with van der Waals surface area (Å²) in [6.45, 7) is 7.68. The maximum atomic E-state index is 12.2. The normalized spacial score (nSPS) is 12.2. The number of anilines is 1. The Balaban J connectivity index is 2.17. The van der Waals surface area contributed by atoms with Gasteiger partial charge in [-0.05, 0) is 39.8 Å². The number of nitrogens with one attached hydrogen (secondary N) is 1. The highest BCUT2D eigenvalue weighted by Gasteiger charge is 2.16. The van der Waals surface area contributed by atoms with Crippen molar-refractivity contribution < 1.29 is 4.79 Å². The van der Waals surface area contributed by atoms with E-state index in [-0.39, 0.29) is 11.9 Å². The predicted octanol–water partition coefficient (Wildman–Crippen LogP) is 2.54. The fourth-order valence-corrected chi connectivity index (χ4v) is 3.05. The molecule has 0 saturated heterocycles. The van der Waals surface area contributed by atoms with Gasteiger partial charge < -0.3 is 11.1 Å². The lowest BCUT2D eigenvalue weighted by Crippen LogP contribution is -2.26. The fourth-order valence-electron chi connectivity index (χ4n) is 2.12. The second-order valence-electron chi connectivity index (χ2n) is 4.80. The predicted molar refractivity (Wildman–Crippen MR) is 80.9 cm³/mol. The van der Waals surface area contributed by atoms with E-state index < -0.39 is 0 Å². The molecular formula is C14H18N4OS. The Bertz CT molecular complexity index is 630. The summed E-state index contributed by atoms with van der Waals surface area (Å²) in [5.74, 6) is 0.202. The van der Waals surface area contributed by atoms with Crippen LogP contribution in [0.15, 0.2) is 12.1 Å². The number of aromatic nitrogens is 2. The number of nitrogens with zero attached hydrogens (tertiary/aromatic N) is 2. The largest absolute Gasteiger partial charge is 0.384 e. The van der Waals surface area contributed by atoms with Gasteiger partial charge in [0.1, 0.15) is 5.82 Å². The molecule has 2 aromatic heterocycles. The molecule has 0 aliphatic heterocycles. The van der Waals surface area contributed by atoms with Crippen LogP contribution >= 0.6 is 11.3 Å². The molecule has 0 spiro atoms. The summed E-state index contributed by atoms with van der Waals surface area (Å²) in [6, 6.07) is 3.23. The van der Waals surface area contributed by atoms with Crippen molar-refractivity contribution in [1.82, 2.24) is 15.3 Å². The highest BCUT2D eigenvalue weighted by molar-refractivity contribution is 7.11. The number of thiazole rings is 1. The molecule has 1 atom stereocenters. The summed E-state index contributed by atoms with van der Waals surface area (Å²) in [7, 11) is 0. The second kappa shape index (κ2) is 5.58. The van der Waals surface area contributed by atoms with Gasteiger partial charge in [-0.1, -0.05) is 0 Å². The van der Waals surface area contributed by atoms with Crippen LogP contribution in [0.25, 0.3) is 0 Å². The van der Waals surface area contributed by atoms with E-state index in [4.69, 9.17) is 5.73 Å². The number of carbonyl (C=O) groups is 1. The van der Waals surface area contributed by atoms with Crippen LogP contribution in [0.5, 0.6) is 0 Å². The van der Waals surface area contributed by atoms with Gasteiger partial charge in [-0.3, -0.25) is 4.79 Å². The van der Waals surface area contributed by atoms with Crippen molar-refractivity contribution in [2.75, 3.05) is 5.73 Å². The van der Waals surface area contributed by atoms with E-state index in [2.05, 4.69) is 15.3 Å². The highest BCUT2D eigenvalue weighted by Crippen LogP contribution is 2.24. The molecule has 0 saturated carbocycles. The Labute approximate surface area is 122 Å². The van der Waals surface area contributed by atoms with Crippen LogP contribution < -0.4 is 11.1 Å². The quantitative estimate of drug-likeness (QED) is 0.910. The molecule has 5 nitrogen and oxygen atoms in total. The van der Waals surface area contributed by atoms with E-state index in [0.29, 0.717) is 11.4 Å². The van der Waals surface area contributed by atoms with E-state index in [9.17, 15) is 4.79 Å². The first-order valence-electron chi connectivity index (χ1n) is 6.35. The average molecular weight is 290 g/mol. The SMILES string of the molecule is Cc1cc(C(=O)NC(C)c2sc(C)nc2C)cc(N)n1. The van der Waals surface area contributed by atoms with Gasteiger partial charge in [0, 0.05) is 16.1 Å². The van der Waals surface area contributed by atoms with Gasteiger partial charge in [0.15, 0.2) is 0 Å². The third kappa shape index (κ3) is 3.14. The van der Waals surface area contributed by atoms with Crippen LogP contribution in [-0.4, -0.2) is 15.9 Å². The smallest absolute Gasteiger partial charge is 0.251 e. The Morgan fingerprint density at radius 2 is 2.00 bits per heavy atom. The number of aryl methyl sites for hydroxylation is 3. The van der Waals surface area contributed by atoms with Crippen LogP contribution in [0.4, 0.5) is 5.82 Å². The van der Waals surface area contributed by atoms with Gasteiger partial charge in [0.05, 0.1) is 16.7 Å². The number of rotatable bonds is 3. The standard InChI is InChI=1S/C14H18N4OS/c1-7-5-11(6-12(15)16-7)14(19)18-9(3)13-8(2)17-10(4)20-13/h5-6,9H,1-4H3,(H2,15,16)(H,18,19). The van der Waals surface area contributed by atoms with Gasteiger partial charge >= 0.3 is 0 Å². The van der Waals surface area contributed by atoms with Crippen LogP contribution in [0.2, 0.25) is 0 Å². The van der Waals surface area contributed by atoms with E-state index in [1.54, 1.807) is 23.5 Å². The van der Waals surface area contributed by atoms with Crippen molar-refractivity contribution in [3.05, 3.63) is 39.0 Å². The molecule has 0 aromatic carbocycles. The maximum absolute atomic E-state index is 12.2. The highest BCUT2D eigenvalue weighted by atomic mass is 32.1. The van der Waals surface area contributed by atoms with Gasteiger partial charge in [-0.25, -0.2) is 9.97 Å². The monoisotopic (exact) mass is 290 g/mol. The fraction of sp³-hybridized carbons (Fsp3) is 0.357. The molecule has 2 heterocycles. The van der Waals surface area contributed by atoms with Crippen molar-refractivity contribution in [1.29, 1.82) is 0 Å². The molecule has 106 valence electrons. The first-order valence-corrected chi connectivity index (χ1v) is 7.17. The number of amides is 1. The molecule has 0 radical (unpaired) electrons. The molecule has 0 aliphatic carbocycles. The summed E-state index contributed by atoms with van der Waals surface area (Å²) in [5, 5.41) is 3.97. The Morgan fingerprint density at radius 3 is 2.55 bits per heavy atom. The molecule has 20 heavy (non-hydrogen) atoms. The number of nitrogen functional groups attached to an aromatic ring is 1. The zero-order valence-electron chi connectivity index (χ0n) is 12.0. The van der Waals surface area contributed by atoms with Crippen LogP contribution in [0, 0.1) is 20.8 Å². The Hall–Kier alpha value is -1.95. The van der Waals surface area contributed by atoms with Gasteiger partial charge in [0.2, 0.25) is 0 Å². The molecule has 0 aliphatic rings. The molecule has 3 N–H and O–H groups in total. The molecular weight excluding hydrogens is 272 g/mol. The number of pyridine rings is 1. The van der Waals surface area contributed by atoms with Crippen LogP contribution in [-0.2, 0) is 0 Å². The molecule has 2 aromatic rings. The van der Waals surface area contributed by atoms with Crippen molar-refractivity contribution in [2.24, 2.45) is 0 Å². The van der Waals surface area contributed by atoms with E-state index in [1.165, 1.54) is 0 Å². The number of hydrogen-bond acceptors (Lipinski definition) is 5. The van der Waals surface area contributed by atoms with Gasteiger partial charge in [-0.2, -0.15) is 0 Å². The van der Waals surface area contributed by atoms with E-state index in [0.717, 1.165) is 21.3 Å². The minimum absolute atomic E-state index is 0.0802. The molecule has 1 unspecified atom stereocenters. The first kappa shape index (κ1) is 14.5. The lowest BCUT2D eigenvalue weighted by Gasteiger charge is -2.13. The summed E-state index contributed by atoms with van der Waals surface area (Å²) < 4.78 is 0. The Morgan fingerprint density at radius 1 is 1.30 bits per heavy atom. The minimum Gasteiger partial charge on any atom is -0.384 e. The first-order chi connectivity index (χ1) is 9.36. The van der Waals surface area contributed by atoms with Gasteiger partial charge in [0.25, 0.3) is 5.91 Å². The summed E-state index contributed by atoms with van der Waals surface area (Å²) >= 11 is 1.60. The molecule has 0 fully saturated rings. The lowest BCUT2D eigenvalue weighted by atomic mass is 10.2. The number of carbonyl (C=O) groups excluding carboxylic acids is 1. The van der Waals surface area contributed by atoms with Crippen molar-refractivity contribution in [3.8, 4) is 0 Å². The molecule has 6 heteroatoms. The van der Waals surface area contributed by atoms with Crippen LogP contribution in [0.3, 0.4) is 0 Å². The maximum Gasteiger partial charge on any atom is 0.251 e. The minimum atomic E-state index is -0.153. The summed E-state index contributed by atoms with van der Waals surface area (Å²) in [6.07, 6.45) is 0. The second-order valence-corrected chi connectivity index (χ2v) is 6.03. The molecule has 0 bridgehead atoms. The molecule has 2 rings (SSSR count). The topological polar surface area (TPSA) is 80.9 Å². The van der Waals surface area contributed by atoms with Gasteiger partial charge in [-0.15, -0.1) is 11.3 Å². The van der Waals surface area contributed by atoms with E-state index >= 15 is 0 Å². The molecule has 1 amide bonds. The zero-order valence-corrected chi connectivity index (χ0v) is 12.8. The number of hydrogen-bond donors (Lipinski definition) is 2. The van der Waals surface area contributed by atoms with Crippen LogP contribution in [0.1, 0.15) is 44.6 Å². The third-order valence-electron chi connectivity index (χ3n) is 2.92. The third-order valence-corrected chi connectivity index (χ3v) is 4.17. The summed E-state index contributed by atoms with van der Waals surface area (Å²) in [4.78, 5) is 21.8. The summed E-state index contributed by atoms with van der Waals surface area (Å²) in [5.41, 5.74) is 7.89. The lowest BCUT2D eigenvalue weighted by molar-refractivity contribution is 0.0940. The Kier molecular flexibility index (Phi) is 4.04. The van der Waals surface area contributed by atoms with E-state index in [1.807, 2.05) is 27.7 Å². The number of nitrogens with two attached hydrogens (primary N) is 1. The zero-order chi connectivity index (χ0) is 14.9. The van der Waals surface area contributed by atoms with Crippen molar-refractivity contribution in [3.63, 3.8) is 0 Å².